The number of hydrogen-bond donors (Lipinski definition) is 2. The Morgan fingerprint density at radius 2 is 2.19 bits per heavy atom. The predicted molar refractivity (Wildman–Crippen MR) is 74.9 cm³/mol. The Morgan fingerprint density at radius 3 is 2.71 bits per heavy atom. The molecule has 0 fully saturated rings. The molecule has 1 amide bonds. The van der Waals surface area contributed by atoms with Crippen molar-refractivity contribution < 1.29 is 24.0 Å². The molecule has 0 radical (unpaired) electrons. The molecule has 0 unspecified atom stereocenters. The standard InChI is InChI=1S/C12H13FN2O5S/c1-21-5-4-10(12(17)18)14-11(16)8-6-7(15(19)20)2-3-9(8)13/h2-3,6,10H,4-5H2,1H3,(H,14,16)(H,17,18)/t10-/m1/s1. The lowest BCUT2D eigenvalue weighted by atomic mass is 10.1. The van der Waals surface area contributed by atoms with Crippen molar-refractivity contribution in [2.24, 2.45) is 0 Å². The summed E-state index contributed by atoms with van der Waals surface area (Å²) >= 11 is 1.40. The number of carboxylic acids is 1. The molecule has 1 aromatic carbocycles. The fourth-order valence-corrected chi connectivity index (χ4v) is 2.00. The van der Waals surface area contributed by atoms with Crippen LogP contribution in [0.25, 0.3) is 0 Å². The molecule has 0 aromatic heterocycles. The number of carbonyl (C=O) groups excluding carboxylic acids is 1. The number of halogens is 1. The number of aliphatic carboxylic acids is 1. The van der Waals surface area contributed by atoms with Crippen molar-refractivity contribution in [1.29, 1.82) is 0 Å². The third-order valence-corrected chi connectivity index (χ3v) is 3.26. The molecule has 9 heteroatoms. The Hall–Kier alpha value is -2.16. The molecule has 0 aliphatic rings. The van der Waals surface area contributed by atoms with Gasteiger partial charge in [-0.1, -0.05) is 0 Å². The summed E-state index contributed by atoms with van der Waals surface area (Å²) < 4.78 is 13.6. The predicted octanol–water partition coefficient (Wildman–Crippen LogP) is 1.67. The molecular formula is C12H13FN2O5S. The zero-order valence-electron chi connectivity index (χ0n) is 11.0. The Bertz CT molecular complexity index is 567. The number of nitrogens with zero attached hydrogens (tertiary/aromatic N) is 1. The number of nitrogens with one attached hydrogen (secondary N) is 1. The van der Waals surface area contributed by atoms with Crippen molar-refractivity contribution >= 4 is 29.3 Å². The molecule has 0 spiro atoms. The second kappa shape index (κ2) is 7.58. The van der Waals surface area contributed by atoms with Crippen molar-refractivity contribution in [1.82, 2.24) is 5.32 Å². The number of carboxylic acid groups (broad SMARTS) is 1. The van der Waals surface area contributed by atoms with Gasteiger partial charge in [0.2, 0.25) is 0 Å². The molecule has 1 atom stereocenters. The van der Waals surface area contributed by atoms with Gasteiger partial charge >= 0.3 is 5.97 Å². The van der Waals surface area contributed by atoms with E-state index in [9.17, 15) is 24.1 Å². The molecule has 114 valence electrons. The molecule has 2 N–H and O–H groups in total. The van der Waals surface area contributed by atoms with E-state index in [1.807, 2.05) is 0 Å². The van der Waals surface area contributed by atoms with Gasteiger partial charge in [0, 0.05) is 12.1 Å². The second-order valence-corrected chi connectivity index (χ2v) is 5.05. The van der Waals surface area contributed by atoms with Crippen LogP contribution < -0.4 is 5.32 Å². The number of thioether (sulfide) groups is 1. The Kier molecular flexibility index (Phi) is 6.10. The van der Waals surface area contributed by atoms with E-state index in [4.69, 9.17) is 5.11 Å². The molecule has 0 saturated carbocycles. The van der Waals surface area contributed by atoms with Gasteiger partial charge in [0.25, 0.3) is 11.6 Å². The summed E-state index contributed by atoms with van der Waals surface area (Å²) in [5.74, 6) is -2.70. The normalized spacial score (nSPS) is 11.7. The summed E-state index contributed by atoms with van der Waals surface area (Å²) in [7, 11) is 0. The van der Waals surface area contributed by atoms with Gasteiger partial charge in [-0.15, -0.1) is 0 Å². The number of carbonyl (C=O) groups is 2. The third-order valence-electron chi connectivity index (χ3n) is 2.62. The van der Waals surface area contributed by atoms with Crippen LogP contribution in [0.3, 0.4) is 0 Å². The Balaban J connectivity index is 2.94. The van der Waals surface area contributed by atoms with E-state index in [-0.39, 0.29) is 6.42 Å². The van der Waals surface area contributed by atoms with Crippen LogP contribution in [-0.2, 0) is 4.79 Å². The molecule has 0 saturated heterocycles. The molecule has 0 aliphatic carbocycles. The van der Waals surface area contributed by atoms with Crippen molar-refractivity contribution in [2.45, 2.75) is 12.5 Å². The van der Waals surface area contributed by atoms with E-state index in [1.54, 1.807) is 6.26 Å². The Morgan fingerprint density at radius 1 is 1.52 bits per heavy atom. The third kappa shape index (κ3) is 4.71. The van der Waals surface area contributed by atoms with E-state index >= 15 is 0 Å². The lowest BCUT2D eigenvalue weighted by Crippen LogP contribution is -2.41. The van der Waals surface area contributed by atoms with Gasteiger partial charge in [0.15, 0.2) is 0 Å². The van der Waals surface area contributed by atoms with Crippen LogP contribution in [0.4, 0.5) is 10.1 Å². The maximum atomic E-state index is 13.6. The van der Waals surface area contributed by atoms with E-state index in [0.29, 0.717) is 5.75 Å². The minimum Gasteiger partial charge on any atom is -0.480 e. The van der Waals surface area contributed by atoms with Gasteiger partial charge in [-0.25, -0.2) is 9.18 Å². The highest BCUT2D eigenvalue weighted by Crippen LogP contribution is 2.17. The van der Waals surface area contributed by atoms with Crippen LogP contribution >= 0.6 is 11.8 Å². The van der Waals surface area contributed by atoms with E-state index < -0.39 is 39.9 Å². The van der Waals surface area contributed by atoms with Crippen LogP contribution in [0.5, 0.6) is 0 Å². The van der Waals surface area contributed by atoms with Gasteiger partial charge < -0.3 is 10.4 Å². The average molecular weight is 316 g/mol. The van der Waals surface area contributed by atoms with Gasteiger partial charge in [0.05, 0.1) is 10.5 Å². The number of nitro benzene ring substituents is 1. The lowest BCUT2D eigenvalue weighted by Gasteiger charge is -2.14. The first-order valence-corrected chi connectivity index (χ1v) is 7.22. The zero-order valence-corrected chi connectivity index (χ0v) is 11.9. The van der Waals surface area contributed by atoms with Gasteiger partial charge in [-0.2, -0.15) is 11.8 Å². The summed E-state index contributed by atoms with van der Waals surface area (Å²) in [5.41, 5.74) is -1.00. The number of non-ortho nitro benzene ring substituents is 1. The monoisotopic (exact) mass is 316 g/mol. The number of benzene rings is 1. The number of hydrogen-bond acceptors (Lipinski definition) is 5. The maximum Gasteiger partial charge on any atom is 0.326 e. The first-order valence-electron chi connectivity index (χ1n) is 5.83. The maximum absolute atomic E-state index is 13.6. The van der Waals surface area contributed by atoms with E-state index in [2.05, 4.69) is 5.32 Å². The first kappa shape index (κ1) is 16.9. The van der Waals surface area contributed by atoms with Gasteiger partial charge in [-0.3, -0.25) is 14.9 Å². The number of nitro groups is 1. The number of rotatable bonds is 7. The largest absolute Gasteiger partial charge is 0.480 e. The molecule has 21 heavy (non-hydrogen) atoms. The summed E-state index contributed by atoms with van der Waals surface area (Å²) in [5, 5.41) is 21.8. The summed E-state index contributed by atoms with van der Waals surface area (Å²) in [6.45, 7) is 0. The van der Waals surface area contributed by atoms with Crippen molar-refractivity contribution in [2.75, 3.05) is 12.0 Å². The minimum atomic E-state index is -1.25. The van der Waals surface area contributed by atoms with Crippen LogP contribution in [0.2, 0.25) is 0 Å². The molecule has 0 bridgehead atoms. The SMILES string of the molecule is CSCC[C@@H](NC(=O)c1cc([N+](=O)[O-])ccc1F)C(=O)O. The van der Waals surface area contributed by atoms with Crippen molar-refractivity contribution in [3.8, 4) is 0 Å². The highest BCUT2D eigenvalue weighted by molar-refractivity contribution is 7.98. The van der Waals surface area contributed by atoms with Crippen LogP contribution in [0.15, 0.2) is 18.2 Å². The average Bonchev–Trinajstić information content (AvgIpc) is 2.42. The molecular weight excluding hydrogens is 303 g/mol. The molecule has 0 heterocycles. The zero-order chi connectivity index (χ0) is 16.0. The molecule has 1 rings (SSSR count). The summed E-state index contributed by atoms with van der Waals surface area (Å²) in [6, 6.07) is 1.32. The quantitative estimate of drug-likeness (QED) is 0.585. The molecule has 1 aromatic rings. The summed E-state index contributed by atoms with van der Waals surface area (Å²) in [6.07, 6.45) is 1.94. The molecule has 7 nitrogen and oxygen atoms in total. The summed E-state index contributed by atoms with van der Waals surface area (Å²) in [4.78, 5) is 32.7. The number of amides is 1. The Labute approximate surface area is 123 Å². The van der Waals surface area contributed by atoms with Gasteiger partial charge in [0.1, 0.15) is 11.9 Å². The lowest BCUT2D eigenvalue weighted by molar-refractivity contribution is -0.384. The van der Waals surface area contributed by atoms with Crippen LogP contribution in [0.1, 0.15) is 16.8 Å². The second-order valence-electron chi connectivity index (χ2n) is 4.07. The molecule has 0 aliphatic heterocycles. The van der Waals surface area contributed by atoms with Crippen molar-refractivity contribution in [3.63, 3.8) is 0 Å². The van der Waals surface area contributed by atoms with Gasteiger partial charge in [-0.05, 0) is 24.5 Å². The van der Waals surface area contributed by atoms with E-state index in [0.717, 1.165) is 18.2 Å². The van der Waals surface area contributed by atoms with E-state index in [1.165, 1.54) is 11.8 Å². The first-order chi connectivity index (χ1) is 9.86. The van der Waals surface area contributed by atoms with Crippen LogP contribution in [-0.4, -0.2) is 40.0 Å². The smallest absolute Gasteiger partial charge is 0.326 e. The topological polar surface area (TPSA) is 110 Å². The fourth-order valence-electron chi connectivity index (χ4n) is 1.53. The van der Waals surface area contributed by atoms with Crippen molar-refractivity contribution in [3.05, 3.63) is 39.7 Å². The van der Waals surface area contributed by atoms with Crippen LogP contribution in [0, 0.1) is 15.9 Å². The highest BCUT2D eigenvalue weighted by atomic mass is 32.2. The highest BCUT2D eigenvalue weighted by Gasteiger charge is 2.23. The fraction of sp³-hybridized carbons (Fsp3) is 0.333. The minimum absolute atomic E-state index is 0.165.